The molecule has 1 aliphatic carbocycles. The normalized spacial score (nSPS) is 23.8. The lowest BCUT2D eigenvalue weighted by atomic mass is 9.92. The molecule has 1 atom stereocenters. The lowest BCUT2D eigenvalue weighted by molar-refractivity contribution is -0.148. The average Bonchev–Trinajstić information content (AvgIpc) is 2.96. The van der Waals surface area contributed by atoms with E-state index in [0.717, 1.165) is 12.8 Å². The van der Waals surface area contributed by atoms with Crippen LogP contribution in [0.1, 0.15) is 36.8 Å². The number of rotatable bonds is 3. The summed E-state index contributed by atoms with van der Waals surface area (Å²) in [4.78, 5) is 26.3. The van der Waals surface area contributed by atoms with Gasteiger partial charge in [-0.3, -0.25) is 9.69 Å². The van der Waals surface area contributed by atoms with Gasteiger partial charge in [0.2, 0.25) is 5.91 Å². The maximum absolute atomic E-state index is 12.7. The van der Waals surface area contributed by atoms with Crippen LogP contribution >= 0.6 is 0 Å². The summed E-state index contributed by atoms with van der Waals surface area (Å²) >= 11 is 0. The van der Waals surface area contributed by atoms with Gasteiger partial charge < -0.3 is 10.4 Å². The quantitative estimate of drug-likeness (QED) is 0.889. The molecule has 1 aromatic rings. The first kappa shape index (κ1) is 15.0. The van der Waals surface area contributed by atoms with Gasteiger partial charge in [0.25, 0.3) is 0 Å². The number of carbonyl (C=O) groups is 2. The molecule has 1 amide bonds. The second kappa shape index (κ2) is 5.72. The number of nitrogens with zero attached hydrogens (tertiary/aromatic N) is 1. The molecule has 1 heterocycles. The van der Waals surface area contributed by atoms with Crippen molar-refractivity contribution in [1.29, 1.82) is 0 Å². The van der Waals surface area contributed by atoms with E-state index in [0.29, 0.717) is 25.8 Å². The van der Waals surface area contributed by atoms with E-state index in [1.54, 1.807) is 0 Å². The van der Waals surface area contributed by atoms with Crippen LogP contribution in [0, 0.1) is 0 Å². The first-order chi connectivity index (χ1) is 10.5. The van der Waals surface area contributed by atoms with Gasteiger partial charge in [-0.25, -0.2) is 4.79 Å². The maximum atomic E-state index is 12.7. The first-order valence-corrected chi connectivity index (χ1v) is 7.84. The predicted octanol–water partition coefficient (Wildman–Crippen LogP) is 1.56. The van der Waals surface area contributed by atoms with Crippen molar-refractivity contribution in [2.24, 2.45) is 0 Å². The van der Waals surface area contributed by atoms with E-state index in [2.05, 4.69) is 11.4 Å². The highest BCUT2D eigenvalue weighted by Gasteiger charge is 2.44. The van der Waals surface area contributed by atoms with Crippen molar-refractivity contribution in [3.05, 3.63) is 35.4 Å². The van der Waals surface area contributed by atoms with E-state index in [-0.39, 0.29) is 11.9 Å². The van der Waals surface area contributed by atoms with Crippen LogP contribution in [0.2, 0.25) is 0 Å². The topological polar surface area (TPSA) is 69.6 Å². The molecular weight excluding hydrogens is 280 g/mol. The lowest BCUT2D eigenvalue weighted by Gasteiger charge is -2.35. The first-order valence-electron chi connectivity index (χ1n) is 7.84. The number of carbonyl (C=O) groups excluding carboxylic acids is 1. The number of likely N-dealkylation sites (N-methyl/N-ethyl adjacent to an activating group) is 1. The van der Waals surface area contributed by atoms with Gasteiger partial charge in [0.1, 0.15) is 5.54 Å². The minimum atomic E-state index is -1.06. The van der Waals surface area contributed by atoms with Crippen molar-refractivity contribution in [3.8, 4) is 0 Å². The summed E-state index contributed by atoms with van der Waals surface area (Å²) in [6.45, 7) is 0.717. The molecule has 3 rings (SSSR count). The van der Waals surface area contributed by atoms with Crippen LogP contribution in [0.25, 0.3) is 0 Å². The van der Waals surface area contributed by atoms with Crippen LogP contribution in [0.4, 0.5) is 0 Å². The number of fused-ring (bicyclic) bond motifs is 1. The fourth-order valence-corrected chi connectivity index (χ4v) is 3.64. The van der Waals surface area contributed by atoms with Gasteiger partial charge in [-0.2, -0.15) is 0 Å². The zero-order valence-corrected chi connectivity index (χ0v) is 12.8. The monoisotopic (exact) mass is 302 g/mol. The number of carboxylic acids is 1. The number of hydrogen-bond acceptors (Lipinski definition) is 3. The number of benzene rings is 1. The predicted molar refractivity (Wildman–Crippen MR) is 82.4 cm³/mol. The zero-order chi connectivity index (χ0) is 15.7. The number of amides is 1. The van der Waals surface area contributed by atoms with Crippen LogP contribution in [0.3, 0.4) is 0 Å². The summed E-state index contributed by atoms with van der Waals surface area (Å²) in [6.07, 6.45) is 3.40. The van der Waals surface area contributed by atoms with Gasteiger partial charge in [-0.1, -0.05) is 37.1 Å². The molecule has 0 bridgehead atoms. The summed E-state index contributed by atoms with van der Waals surface area (Å²) in [6, 6.07) is 7.81. The lowest BCUT2D eigenvalue weighted by Crippen LogP contribution is -2.58. The molecule has 5 nitrogen and oxygen atoms in total. The molecule has 2 aliphatic rings. The average molecular weight is 302 g/mol. The number of nitrogens with one attached hydrogen (secondary N) is 1. The second-order valence-corrected chi connectivity index (χ2v) is 6.49. The van der Waals surface area contributed by atoms with Crippen LogP contribution in [0.5, 0.6) is 0 Å². The number of aliphatic carboxylic acids is 1. The SMILES string of the molecule is CN1Cc2ccccc2C[C@@H]1C(=O)NC1(C(=O)O)CCCC1. The van der Waals surface area contributed by atoms with Crippen LogP contribution in [-0.2, 0) is 22.6 Å². The summed E-state index contributed by atoms with van der Waals surface area (Å²) < 4.78 is 0. The maximum Gasteiger partial charge on any atom is 0.329 e. The van der Waals surface area contributed by atoms with Gasteiger partial charge in [0.15, 0.2) is 0 Å². The largest absolute Gasteiger partial charge is 0.480 e. The zero-order valence-electron chi connectivity index (χ0n) is 12.8. The number of hydrogen-bond donors (Lipinski definition) is 2. The summed E-state index contributed by atoms with van der Waals surface area (Å²) in [5.41, 5.74) is 1.36. The molecule has 118 valence electrons. The smallest absolute Gasteiger partial charge is 0.329 e. The van der Waals surface area contributed by atoms with Gasteiger partial charge in [-0.15, -0.1) is 0 Å². The highest BCUT2D eigenvalue weighted by atomic mass is 16.4. The molecule has 1 aliphatic heterocycles. The van der Waals surface area contributed by atoms with Crippen LogP contribution < -0.4 is 5.32 Å². The highest BCUT2D eigenvalue weighted by molar-refractivity contribution is 5.90. The third kappa shape index (κ3) is 2.61. The van der Waals surface area contributed by atoms with Gasteiger partial charge >= 0.3 is 5.97 Å². The van der Waals surface area contributed by atoms with E-state index < -0.39 is 11.5 Å². The molecule has 1 saturated carbocycles. The van der Waals surface area contributed by atoms with E-state index in [1.807, 2.05) is 30.1 Å². The Balaban J connectivity index is 1.77. The molecular formula is C17H22N2O3. The molecule has 0 spiro atoms. The van der Waals surface area contributed by atoms with E-state index >= 15 is 0 Å². The third-order valence-electron chi connectivity index (χ3n) is 5.02. The summed E-state index contributed by atoms with van der Waals surface area (Å²) in [5.74, 6) is -1.07. The molecule has 1 fully saturated rings. The molecule has 2 N–H and O–H groups in total. The highest BCUT2D eigenvalue weighted by Crippen LogP contribution is 2.31. The van der Waals surface area contributed by atoms with Crippen molar-refractivity contribution in [1.82, 2.24) is 10.2 Å². The Bertz CT molecular complexity index is 593. The molecule has 0 unspecified atom stereocenters. The number of carboxylic acid groups (broad SMARTS) is 1. The fourth-order valence-electron chi connectivity index (χ4n) is 3.64. The minimum Gasteiger partial charge on any atom is -0.480 e. The Kier molecular flexibility index (Phi) is 3.91. The van der Waals surface area contributed by atoms with Crippen molar-refractivity contribution in [2.45, 2.75) is 50.2 Å². The molecule has 0 radical (unpaired) electrons. The van der Waals surface area contributed by atoms with Gasteiger partial charge in [0.05, 0.1) is 6.04 Å². The minimum absolute atomic E-state index is 0.165. The Hall–Kier alpha value is -1.88. The van der Waals surface area contributed by atoms with E-state index in [1.165, 1.54) is 11.1 Å². The molecule has 1 aromatic carbocycles. The van der Waals surface area contributed by atoms with Gasteiger partial charge in [-0.05, 0) is 37.4 Å². The Morgan fingerprint density at radius 1 is 1.23 bits per heavy atom. The summed E-state index contributed by atoms with van der Waals surface area (Å²) in [5, 5.41) is 12.3. The third-order valence-corrected chi connectivity index (χ3v) is 5.02. The fraction of sp³-hybridized carbons (Fsp3) is 0.529. The van der Waals surface area contributed by atoms with Gasteiger partial charge in [0, 0.05) is 6.54 Å². The summed E-state index contributed by atoms with van der Waals surface area (Å²) in [7, 11) is 1.92. The second-order valence-electron chi connectivity index (χ2n) is 6.49. The molecule has 0 saturated heterocycles. The molecule has 22 heavy (non-hydrogen) atoms. The van der Waals surface area contributed by atoms with Crippen LogP contribution in [0.15, 0.2) is 24.3 Å². The Labute approximate surface area is 130 Å². The van der Waals surface area contributed by atoms with E-state index in [9.17, 15) is 14.7 Å². The van der Waals surface area contributed by atoms with Crippen molar-refractivity contribution < 1.29 is 14.7 Å². The standard InChI is InChI=1S/C17H22N2O3/c1-19-11-13-7-3-2-6-12(13)10-14(19)15(20)18-17(16(21)22)8-4-5-9-17/h2-3,6-7,14H,4-5,8-11H2,1H3,(H,18,20)(H,21,22)/t14-/m1/s1. The van der Waals surface area contributed by atoms with Crippen molar-refractivity contribution >= 4 is 11.9 Å². The van der Waals surface area contributed by atoms with Crippen molar-refractivity contribution in [3.63, 3.8) is 0 Å². The Morgan fingerprint density at radius 2 is 1.86 bits per heavy atom. The molecule has 5 heteroatoms. The van der Waals surface area contributed by atoms with Crippen molar-refractivity contribution in [2.75, 3.05) is 7.05 Å². The van der Waals surface area contributed by atoms with E-state index in [4.69, 9.17) is 0 Å². The molecule has 0 aromatic heterocycles. The van der Waals surface area contributed by atoms with Crippen LogP contribution in [-0.4, -0.2) is 40.5 Å². The Morgan fingerprint density at radius 3 is 2.50 bits per heavy atom.